The van der Waals surface area contributed by atoms with Crippen LogP contribution in [0.1, 0.15) is 30.1 Å². The predicted molar refractivity (Wildman–Crippen MR) is 86.8 cm³/mol. The molecule has 1 amide bonds. The first-order chi connectivity index (χ1) is 10.5. The summed E-state index contributed by atoms with van der Waals surface area (Å²) in [5.41, 5.74) is 1.10. The van der Waals surface area contributed by atoms with Crippen molar-refractivity contribution in [2.75, 3.05) is 6.61 Å². The number of aliphatic hydroxyl groups is 1. The highest BCUT2D eigenvalue weighted by Crippen LogP contribution is 2.24. The molecule has 2 aromatic rings. The number of hydrogen-bond donors (Lipinski definition) is 2. The number of rotatable bonds is 6. The lowest BCUT2D eigenvalue weighted by molar-refractivity contribution is 0.0936. The van der Waals surface area contributed by atoms with Gasteiger partial charge < -0.3 is 10.4 Å². The summed E-state index contributed by atoms with van der Waals surface area (Å²) in [4.78, 5) is 12.1. The van der Waals surface area contributed by atoms with E-state index < -0.39 is 0 Å². The molecule has 1 unspecified atom stereocenters. The van der Waals surface area contributed by atoms with E-state index in [0.717, 1.165) is 6.42 Å². The number of aromatic nitrogens is 2. The molecule has 0 radical (unpaired) electrons. The molecule has 118 valence electrons. The van der Waals surface area contributed by atoms with Crippen molar-refractivity contribution in [2.45, 2.75) is 25.8 Å². The lowest BCUT2D eigenvalue weighted by atomic mass is 10.2. The molecule has 1 atom stereocenters. The van der Waals surface area contributed by atoms with Gasteiger partial charge in [-0.2, -0.15) is 5.10 Å². The van der Waals surface area contributed by atoms with Crippen molar-refractivity contribution >= 4 is 29.1 Å². The Bertz CT molecular complexity index is 658. The summed E-state index contributed by atoms with van der Waals surface area (Å²) in [6, 6.07) is 5.06. The number of carbonyl (C=O) groups is 1. The fraction of sp³-hybridized carbons (Fsp3) is 0.333. The van der Waals surface area contributed by atoms with Gasteiger partial charge in [-0.3, -0.25) is 4.79 Å². The third kappa shape index (κ3) is 4.22. The molecule has 0 bridgehead atoms. The third-order valence-corrected chi connectivity index (χ3v) is 3.71. The molecule has 1 aromatic heterocycles. The average Bonchev–Trinajstić information content (AvgIpc) is 2.94. The zero-order valence-electron chi connectivity index (χ0n) is 12.1. The van der Waals surface area contributed by atoms with Crippen molar-refractivity contribution < 1.29 is 9.90 Å². The van der Waals surface area contributed by atoms with Gasteiger partial charge in [-0.1, -0.05) is 23.2 Å². The van der Waals surface area contributed by atoms with Crippen molar-refractivity contribution in [3.05, 3.63) is 46.2 Å². The first kappa shape index (κ1) is 16.8. The van der Waals surface area contributed by atoms with E-state index in [1.54, 1.807) is 24.4 Å². The molecule has 0 saturated carbocycles. The van der Waals surface area contributed by atoms with Crippen LogP contribution < -0.4 is 5.32 Å². The van der Waals surface area contributed by atoms with Crippen LogP contribution in [0.4, 0.5) is 0 Å². The van der Waals surface area contributed by atoms with Crippen molar-refractivity contribution in [3.63, 3.8) is 0 Å². The molecule has 0 saturated heterocycles. The van der Waals surface area contributed by atoms with Gasteiger partial charge in [-0.25, -0.2) is 4.68 Å². The molecule has 1 heterocycles. The molecule has 0 aliphatic rings. The van der Waals surface area contributed by atoms with Gasteiger partial charge in [-0.15, -0.1) is 0 Å². The summed E-state index contributed by atoms with van der Waals surface area (Å²) in [7, 11) is 0. The Morgan fingerprint density at radius 1 is 1.45 bits per heavy atom. The van der Waals surface area contributed by atoms with E-state index in [1.165, 1.54) is 10.9 Å². The van der Waals surface area contributed by atoms with Gasteiger partial charge >= 0.3 is 0 Å². The van der Waals surface area contributed by atoms with Gasteiger partial charge in [0.2, 0.25) is 0 Å². The Morgan fingerprint density at radius 3 is 2.91 bits per heavy atom. The Labute approximate surface area is 138 Å². The van der Waals surface area contributed by atoms with Gasteiger partial charge in [0, 0.05) is 23.9 Å². The SMILES string of the molecule is CC(CCCO)NC(=O)c1cnn(-c2ccc(Cl)cc2Cl)c1. The maximum atomic E-state index is 12.1. The van der Waals surface area contributed by atoms with Gasteiger partial charge in [-0.05, 0) is 38.0 Å². The van der Waals surface area contributed by atoms with Crippen molar-refractivity contribution in [1.82, 2.24) is 15.1 Å². The highest BCUT2D eigenvalue weighted by molar-refractivity contribution is 6.35. The summed E-state index contributed by atoms with van der Waals surface area (Å²) in [6.45, 7) is 2.02. The first-order valence-electron chi connectivity index (χ1n) is 6.93. The molecule has 0 aliphatic heterocycles. The summed E-state index contributed by atoms with van der Waals surface area (Å²) in [5, 5.41) is 16.8. The first-order valence-corrected chi connectivity index (χ1v) is 7.68. The molecule has 0 fully saturated rings. The number of nitrogens with zero attached hydrogens (tertiary/aromatic N) is 2. The Kier molecular flexibility index (Phi) is 5.83. The molecule has 22 heavy (non-hydrogen) atoms. The second-order valence-electron chi connectivity index (χ2n) is 5.01. The van der Waals surface area contributed by atoms with Crippen LogP contribution >= 0.6 is 23.2 Å². The number of benzene rings is 1. The predicted octanol–water partition coefficient (Wildman–Crippen LogP) is 3.07. The summed E-state index contributed by atoms with van der Waals surface area (Å²) < 4.78 is 1.53. The second-order valence-corrected chi connectivity index (χ2v) is 5.85. The number of amides is 1. The smallest absolute Gasteiger partial charge is 0.254 e. The van der Waals surface area contributed by atoms with Crippen LogP contribution in [0.15, 0.2) is 30.6 Å². The zero-order valence-corrected chi connectivity index (χ0v) is 13.6. The maximum Gasteiger partial charge on any atom is 0.254 e. The van der Waals surface area contributed by atoms with Crippen LogP contribution in [0, 0.1) is 0 Å². The van der Waals surface area contributed by atoms with Crippen LogP contribution in [0.2, 0.25) is 10.0 Å². The van der Waals surface area contributed by atoms with Gasteiger partial charge in [0.1, 0.15) is 0 Å². The van der Waals surface area contributed by atoms with Crippen LogP contribution in [0.3, 0.4) is 0 Å². The van der Waals surface area contributed by atoms with Crippen LogP contribution in [-0.2, 0) is 0 Å². The molecule has 1 aromatic carbocycles. The van der Waals surface area contributed by atoms with E-state index in [0.29, 0.717) is 27.7 Å². The van der Waals surface area contributed by atoms with Crippen LogP contribution in [0.25, 0.3) is 5.69 Å². The number of nitrogens with one attached hydrogen (secondary N) is 1. The van der Waals surface area contributed by atoms with E-state index in [9.17, 15) is 4.79 Å². The lowest BCUT2D eigenvalue weighted by Crippen LogP contribution is -2.32. The normalized spacial score (nSPS) is 12.2. The minimum Gasteiger partial charge on any atom is -0.396 e. The van der Waals surface area contributed by atoms with Gasteiger partial charge in [0.15, 0.2) is 0 Å². The largest absolute Gasteiger partial charge is 0.396 e. The van der Waals surface area contributed by atoms with Gasteiger partial charge in [0.05, 0.1) is 22.5 Å². The molecule has 2 N–H and O–H groups in total. The molecule has 7 heteroatoms. The molecule has 0 aliphatic carbocycles. The quantitative estimate of drug-likeness (QED) is 0.848. The Balaban J connectivity index is 2.09. The number of hydrogen-bond acceptors (Lipinski definition) is 3. The minimum atomic E-state index is -0.207. The minimum absolute atomic E-state index is 0.0119. The zero-order chi connectivity index (χ0) is 16.1. The number of aliphatic hydroxyl groups excluding tert-OH is 1. The van der Waals surface area contributed by atoms with Crippen LogP contribution in [0.5, 0.6) is 0 Å². The van der Waals surface area contributed by atoms with E-state index in [1.807, 2.05) is 6.92 Å². The lowest BCUT2D eigenvalue weighted by Gasteiger charge is -2.12. The Hall–Kier alpha value is -1.56. The topological polar surface area (TPSA) is 67.2 Å². The van der Waals surface area contributed by atoms with Crippen molar-refractivity contribution in [1.29, 1.82) is 0 Å². The monoisotopic (exact) mass is 341 g/mol. The Morgan fingerprint density at radius 2 is 2.23 bits per heavy atom. The summed E-state index contributed by atoms with van der Waals surface area (Å²) >= 11 is 12.0. The van der Waals surface area contributed by atoms with Crippen LogP contribution in [-0.4, -0.2) is 33.4 Å². The summed E-state index contributed by atoms with van der Waals surface area (Å²) in [5.74, 6) is -0.207. The van der Waals surface area contributed by atoms with Crippen molar-refractivity contribution in [2.24, 2.45) is 0 Å². The summed E-state index contributed by atoms with van der Waals surface area (Å²) in [6.07, 6.45) is 4.47. The maximum absolute atomic E-state index is 12.1. The average molecular weight is 342 g/mol. The molecular weight excluding hydrogens is 325 g/mol. The molecule has 5 nitrogen and oxygen atoms in total. The van der Waals surface area contributed by atoms with E-state index in [-0.39, 0.29) is 18.6 Å². The van der Waals surface area contributed by atoms with Crippen molar-refractivity contribution in [3.8, 4) is 5.69 Å². The second kappa shape index (κ2) is 7.63. The van der Waals surface area contributed by atoms with E-state index in [4.69, 9.17) is 28.3 Å². The molecule has 0 spiro atoms. The highest BCUT2D eigenvalue weighted by Gasteiger charge is 2.13. The fourth-order valence-electron chi connectivity index (χ4n) is 2.02. The number of halogens is 2. The van der Waals surface area contributed by atoms with Gasteiger partial charge in [0.25, 0.3) is 5.91 Å². The standard InChI is InChI=1S/C15H17Cl2N3O2/c1-10(3-2-6-21)19-15(22)11-8-18-20(9-11)14-5-4-12(16)7-13(14)17/h4-5,7-10,21H,2-3,6H2,1H3,(H,19,22). The van der Waals surface area contributed by atoms with E-state index in [2.05, 4.69) is 10.4 Å². The van der Waals surface area contributed by atoms with E-state index >= 15 is 0 Å². The third-order valence-electron chi connectivity index (χ3n) is 3.17. The number of carbonyl (C=O) groups excluding carboxylic acids is 1. The highest BCUT2D eigenvalue weighted by atomic mass is 35.5. The fourth-order valence-corrected chi connectivity index (χ4v) is 2.51. The molecular formula is C15H17Cl2N3O2. The molecule has 2 rings (SSSR count).